The van der Waals surface area contributed by atoms with Crippen molar-refractivity contribution in [2.45, 2.75) is 49.0 Å². The molecule has 0 unspecified atom stereocenters. The third-order valence-corrected chi connectivity index (χ3v) is 6.69. The molecule has 1 aliphatic carbocycles. The number of rotatable bonds is 6. The first-order valence-corrected chi connectivity index (χ1v) is 11.4. The summed E-state index contributed by atoms with van der Waals surface area (Å²) in [4.78, 5) is 9.67. The number of halogens is 6. The van der Waals surface area contributed by atoms with Crippen LogP contribution in [0.15, 0.2) is 41.3 Å². The van der Waals surface area contributed by atoms with Gasteiger partial charge < -0.3 is 9.84 Å². The van der Waals surface area contributed by atoms with Gasteiger partial charge in [0.25, 0.3) is 0 Å². The molecule has 0 spiro atoms. The van der Waals surface area contributed by atoms with Crippen molar-refractivity contribution in [3.8, 4) is 5.75 Å². The molecule has 186 valence electrons. The first kappa shape index (κ1) is 25.8. The van der Waals surface area contributed by atoms with Crippen molar-refractivity contribution in [3.63, 3.8) is 0 Å². The average molecular weight is 511 g/mol. The van der Waals surface area contributed by atoms with E-state index in [1.165, 1.54) is 12.1 Å². The topological polar surface area (TPSA) is 92.7 Å². The standard InChI is InChI=1S/C21H19F6NO5S/c22-20(23,24)12-8-13(21(25,26)27)10-14(9-12)34(31,32)28-17-6-2-1-4-16-15(17)5-3-7-18(16)33-11-19(29)30/h3,5,7-10,17,28H,1-2,4,6,11H2,(H,29,30)/t17-/m1/s1. The highest BCUT2D eigenvalue weighted by molar-refractivity contribution is 7.89. The molecule has 2 aromatic carbocycles. The first-order chi connectivity index (χ1) is 15.7. The van der Waals surface area contributed by atoms with Crippen molar-refractivity contribution in [1.82, 2.24) is 4.72 Å². The number of carboxylic acids is 1. The third kappa shape index (κ3) is 6.00. The summed E-state index contributed by atoms with van der Waals surface area (Å²) in [7, 11) is -4.81. The molecule has 6 nitrogen and oxygen atoms in total. The molecule has 3 rings (SSSR count). The Hall–Kier alpha value is -2.80. The number of nitrogens with one attached hydrogen (secondary N) is 1. The number of carbonyl (C=O) groups is 1. The molecule has 13 heteroatoms. The quantitative estimate of drug-likeness (QED) is 0.424. The minimum atomic E-state index is -5.20. The molecule has 2 N–H and O–H groups in total. The molecule has 0 aliphatic heterocycles. The minimum absolute atomic E-state index is 0.147. The Bertz CT molecular complexity index is 1140. The van der Waals surface area contributed by atoms with Crippen molar-refractivity contribution in [2.75, 3.05) is 6.61 Å². The maximum absolute atomic E-state index is 13.2. The minimum Gasteiger partial charge on any atom is -0.482 e. The number of aliphatic carboxylic acids is 1. The molecule has 0 bridgehead atoms. The van der Waals surface area contributed by atoms with E-state index >= 15 is 0 Å². The number of hydrogen-bond donors (Lipinski definition) is 2. The first-order valence-electron chi connectivity index (χ1n) is 9.96. The van der Waals surface area contributed by atoms with Gasteiger partial charge in [0.05, 0.1) is 16.0 Å². The molecule has 0 fully saturated rings. The lowest BCUT2D eigenvalue weighted by molar-refractivity contribution is -0.143. The second kappa shape index (κ2) is 9.45. The Balaban J connectivity index is 2.02. The van der Waals surface area contributed by atoms with E-state index in [0.29, 0.717) is 30.4 Å². The van der Waals surface area contributed by atoms with Gasteiger partial charge in [0.15, 0.2) is 6.61 Å². The van der Waals surface area contributed by atoms with Gasteiger partial charge in [0.1, 0.15) is 5.75 Å². The van der Waals surface area contributed by atoms with E-state index in [2.05, 4.69) is 4.72 Å². The zero-order valence-corrected chi connectivity index (χ0v) is 18.1. The molecule has 0 aromatic heterocycles. The predicted octanol–water partition coefficient (Wildman–Crippen LogP) is 4.93. The number of hydrogen-bond acceptors (Lipinski definition) is 4. The molecule has 1 aliphatic rings. The summed E-state index contributed by atoms with van der Waals surface area (Å²) < 4.78 is 112. The molecular formula is C21H19F6NO5S. The highest BCUT2D eigenvalue weighted by Gasteiger charge is 2.38. The van der Waals surface area contributed by atoms with Gasteiger partial charge in [-0.25, -0.2) is 17.9 Å². The lowest BCUT2D eigenvalue weighted by Gasteiger charge is -2.22. The number of carboxylic acid groups (broad SMARTS) is 1. The Labute approximate surface area is 190 Å². The van der Waals surface area contributed by atoms with Crippen LogP contribution in [0.4, 0.5) is 26.3 Å². The molecule has 0 amide bonds. The number of benzene rings is 2. The maximum Gasteiger partial charge on any atom is 0.416 e. The van der Waals surface area contributed by atoms with E-state index < -0.39 is 57.0 Å². The summed E-state index contributed by atoms with van der Waals surface area (Å²) in [6, 6.07) is 3.74. The van der Waals surface area contributed by atoms with Crippen molar-refractivity contribution in [1.29, 1.82) is 0 Å². The largest absolute Gasteiger partial charge is 0.482 e. The van der Waals surface area contributed by atoms with Gasteiger partial charge in [-0.3, -0.25) is 0 Å². The van der Waals surface area contributed by atoms with Crippen molar-refractivity contribution < 1.29 is 49.4 Å². The van der Waals surface area contributed by atoms with Crippen LogP contribution in [-0.2, 0) is 33.6 Å². The average Bonchev–Trinajstić information content (AvgIpc) is 2.93. The van der Waals surface area contributed by atoms with Crippen molar-refractivity contribution in [2.24, 2.45) is 0 Å². The molecular weight excluding hydrogens is 492 g/mol. The highest BCUT2D eigenvalue weighted by Crippen LogP contribution is 2.39. The molecule has 34 heavy (non-hydrogen) atoms. The second-order valence-electron chi connectivity index (χ2n) is 7.67. The van der Waals surface area contributed by atoms with Crippen LogP contribution in [0.5, 0.6) is 5.75 Å². The fourth-order valence-electron chi connectivity index (χ4n) is 3.72. The Morgan fingerprint density at radius 1 is 1.03 bits per heavy atom. The normalized spacial score (nSPS) is 17.1. The van der Waals surface area contributed by atoms with Crippen LogP contribution in [-0.4, -0.2) is 26.1 Å². The Morgan fingerprint density at radius 2 is 1.65 bits per heavy atom. The molecule has 0 saturated heterocycles. The maximum atomic E-state index is 13.2. The summed E-state index contributed by atoms with van der Waals surface area (Å²) in [5.41, 5.74) is -2.55. The summed E-state index contributed by atoms with van der Waals surface area (Å²) in [6.07, 6.45) is -8.67. The molecule has 0 saturated carbocycles. The Morgan fingerprint density at radius 3 is 2.21 bits per heavy atom. The second-order valence-corrected chi connectivity index (χ2v) is 9.38. The molecule has 2 aromatic rings. The lowest BCUT2D eigenvalue weighted by Crippen LogP contribution is -2.29. The summed E-state index contributed by atoms with van der Waals surface area (Å²) in [6.45, 7) is -0.642. The SMILES string of the molecule is O=C(O)COc1cccc2c1CCCC[C@H]2NS(=O)(=O)c1cc(C(F)(F)F)cc(C(F)(F)F)c1. The van der Waals surface area contributed by atoms with E-state index in [-0.39, 0.29) is 30.4 Å². The van der Waals surface area contributed by atoms with Gasteiger partial charge in [-0.1, -0.05) is 18.6 Å². The van der Waals surface area contributed by atoms with Crippen LogP contribution in [0.2, 0.25) is 0 Å². The third-order valence-electron chi connectivity index (χ3n) is 5.23. The van der Waals surface area contributed by atoms with E-state index in [1.807, 2.05) is 0 Å². The fraction of sp³-hybridized carbons (Fsp3) is 0.381. The van der Waals surface area contributed by atoms with E-state index in [1.54, 1.807) is 6.07 Å². The summed E-state index contributed by atoms with van der Waals surface area (Å²) in [5.74, 6) is -1.02. The summed E-state index contributed by atoms with van der Waals surface area (Å²) in [5, 5.41) is 8.85. The number of sulfonamides is 1. The van der Waals surface area contributed by atoms with Crippen LogP contribution < -0.4 is 9.46 Å². The highest BCUT2D eigenvalue weighted by atomic mass is 32.2. The zero-order valence-electron chi connectivity index (χ0n) is 17.3. The molecule has 0 radical (unpaired) electrons. The number of alkyl halides is 6. The van der Waals surface area contributed by atoms with Gasteiger partial charge >= 0.3 is 18.3 Å². The Kier molecular flexibility index (Phi) is 7.18. The zero-order chi connectivity index (χ0) is 25.3. The fourth-order valence-corrected chi connectivity index (χ4v) is 5.04. The van der Waals surface area contributed by atoms with Gasteiger partial charge in [-0.2, -0.15) is 26.3 Å². The monoisotopic (exact) mass is 511 g/mol. The van der Waals surface area contributed by atoms with Gasteiger partial charge in [-0.15, -0.1) is 0 Å². The lowest BCUT2D eigenvalue weighted by atomic mass is 9.99. The molecule has 0 heterocycles. The number of fused-ring (bicyclic) bond motifs is 1. The van der Waals surface area contributed by atoms with Gasteiger partial charge in [0, 0.05) is 6.04 Å². The van der Waals surface area contributed by atoms with Crippen LogP contribution in [0.3, 0.4) is 0 Å². The van der Waals surface area contributed by atoms with Gasteiger partial charge in [-0.05, 0) is 54.7 Å². The van der Waals surface area contributed by atoms with E-state index in [9.17, 15) is 39.6 Å². The van der Waals surface area contributed by atoms with E-state index in [0.717, 1.165) is 0 Å². The van der Waals surface area contributed by atoms with Crippen molar-refractivity contribution >= 4 is 16.0 Å². The predicted molar refractivity (Wildman–Crippen MR) is 107 cm³/mol. The van der Waals surface area contributed by atoms with E-state index in [4.69, 9.17) is 9.84 Å². The van der Waals surface area contributed by atoms with Crippen LogP contribution in [0.25, 0.3) is 0 Å². The van der Waals surface area contributed by atoms with Gasteiger partial charge in [0.2, 0.25) is 10.0 Å². The number of ether oxygens (including phenoxy) is 1. The summed E-state index contributed by atoms with van der Waals surface area (Å²) >= 11 is 0. The van der Waals surface area contributed by atoms with Crippen LogP contribution >= 0.6 is 0 Å². The van der Waals surface area contributed by atoms with Crippen LogP contribution in [0, 0.1) is 0 Å². The van der Waals surface area contributed by atoms with Crippen molar-refractivity contribution in [3.05, 3.63) is 58.7 Å². The smallest absolute Gasteiger partial charge is 0.416 e. The van der Waals surface area contributed by atoms with Crippen LogP contribution in [0.1, 0.15) is 47.6 Å². The molecule has 1 atom stereocenters.